The molecule has 3 heterocycles. The van der Waals surface area contributed by atoms with Gasteiger partial charge in [-0.3, -0.25) is 9.78 Å². The Bertz CT molecular complexity index is 1270. The molecule has 6 nitrogen and oxygen atoms in total. The van der Waals surface area contributed by atoms with Crippen molar-refractivity contribution in [1.29, 1.82) is 0 Å². The van der Waals surface area contributed by atoms with E-state index in [0.29, 0.717) is 29.5 Å². The van der Waals surface area contributed by atoms with Crippen LogP contribution in [0.25, 0.3) is 22.0 Å². The predicted octanol–water partition coefficient (Wildman–Crippen LogP) is 5.04. The first kappa shape index (κ1) is 20.4. The van der Waals surface area contributed by atoms with Crippen LogP contribution in [-0.4, -0.2) is 42.2 Å². The van der Waals surface area contributed by atoms with Gasteiger partial charge in [0.1, 0.15) is 5.82 Å². The van der Waals surface area contributed by atoms with Crippen molar-refractivity contribution >= 4 is 39.8 Å². The lowest BCUT2D eigenvalue weighted by Gasteiger charge is -2.27. The van der Waals surface area contributed by atoms with Crippen LogP contribution in [0.2, 0.25) is 5.02 Å². The third-order valence-corrected chi connectivity index (χ3v) is 5.83. The molecule has 0 aliphatic carbocycles. The van der Waals surface area contributed by atoms with Crippen LogP contribution in [0.5, 0.6) is 0 Å². The average molecular weight is 445 g/mol. The molecule has 7 heteroatoms. The Balaban J connectivity index is 1.38. The van der Waals surface area contributed by atoms with E-state index in [1.54, 1.807) is 30.6 Å². The largest absolute Gasteiger partial charge is 0.378 e. The summed E-state index contributed by atoms with van der Waals surface area (Å²) < 4.78 is 5.38. The quantitative estimate of drug-likeness (QED) is 0.477. The van der Waals surface area contributed by atoms with Crippen LogP contribution in [0.4, 0.5) is 11.5 Å². The van der Waals surface area contributed by atoms with Crippen LogP contribution >= 0.6 is 11.6 Å². The van der Waals surface area contributed by atoms with Crippen LogP contribution < -0.4 is 10.2 Å². The van der Waals surface area contributed by atoms with E-state index in [2.05, 4.69) is 20.2 Å². The molecular formula is C25H21ClN4O2. The normalized spacial score (nSPS) is 13.8. The van der Waals surface area contributed by atoms with Gasteiger partial charge in [0.15, 0.2) is 0 Å². The number of aromatic nitrogens is 2. The van der Waals surface area contributed by atoms with Crippen LogP contribution in [0.1, 0.15) is 10.4 Å². The van der Waals surface area contributed by atoms with E-state index in [1.165, 1.54) is 0 Å². The van der Waals surface area contributed by atoms with Gasteiger partial charge in [-0.05, 0) is 41.8 Å². The number of hydrogen-bond acceptors (Lipinski definition) is 5. The van der Waals surface area contributed by atoms with Gasteiger partial charge in [0.25, 0.3) is 5.91 Å². The van der Waals surface area contributed by atoms with Gasteiger partial charge in [-0.1, -0.05) is 35.9 Å². The van der Waals surface area contributed by atoms with Gasteiger partial charge >= 0.3 is 0 Å². The molecule has 0 bridgehead atoms. The maximum Gasteiger partial charge on any atom is 0.257 e. The smallest absolute Gasteiger partial charge is 0.257 e. The number of pyridine rings is 2. The van der Waals surface area contributed by atoms with Crippen LogP contribution in [-0.2, 0) is 4.74 Å². The molecule has 0 saturated carbocycles. The van der Waals surface area contributed by atoms with E-state index < -0.39 is 0 Å². The number of nitrogens with one attached hydrogen (secondary N) is 1. The fraction of sp³-hybridized carbons (Fsp3) is 0.160. The number of rotatable bonds is 4. The van der Waals surface area contributed by atoms with E-state index in [1.807, 2.05) is 42.5 Å². The Morgan fingerprint density at radius 1 is 1.00 bits per heavy atom. The number of halogens is 1. The second kappa shape index (κ2) is 8.94. The molecule has 160 valence electrons. The van der Waals surface area contributed by atoms with Crippen molar-refractivity contribution < 1.29 is 9.53 Å². The number of hydrogen-bond donors (Lipinski definition) is 1. The van der Waals surface area contributed by atoms with E-state index in [9.17, 15) is 4.79 Å². The molecule has 1 aliphatic heterocycles. The summed E-state index contributed by atoms with van der Waals surface area (Å²) >= 11 is 6.50. The van der Waals surface area contributed by atoms with Gasteiger partial charge in [-0.2, -0.15) is 0 Å². The first-order valence-electron chi connectivity index (χ1n) is 10.4. The second-order valence-corrected chi connectivity index (χ2v) is 7.94. The lowest BCUT2D eigenvalue weighted by Crippen LogP contribution is -2.36. The van der Waals surface area contributed by atoms with Crippen molar-refractivity contribution in [2.75, 3.05) is 36.5 Å². The molecule has 0 spiro atoms. The summed E-state index contributed by atoms with van der Waals surface area (Å²) in [5.74, 6) is 0.617. The minimum atomic E-state index is -0.231. The lowest BCUT2D eigenvalue weighted by atomic mass is 10.0. The third-order valence-electron chi connectivity index (χ3n) is 5.50. The summed E-state index contributed by atoms with van der Waals surface area (Å²) in [7, 11) is 0. The number of anilines is 2. The van der Waals surface area contributed by atoms with Crippen molar-refractivity contribution in [2.24, 2.45) is 0 Å². The molecular weight excluding hydrogens is 424 g/mol. The zero-order chi connectivity index (χ0) is 21.9. The Labute approximate surface area is 190 Å². The van der Waals surface area contributed by atoms with E-state index >= 15 is 0 Å². The minimum absolute atomic E-state index is 0.231. The van der Waals surface area contributed by atoms with Crippen molar-refractivity contribution in [2.45, 2.75) is 0 Å². The first-order valence-corrected chi connectivity index (χ1v) is 10.8. The Hall–Kier alpha value is -3.48. The number of carbonyl (C=O) groups is 1. The zero-order valence-corrected chi connectivity index (χ0v) is 18.0. The number of morpholine rings is 1. The highest BCUT2D eigenvalue weighted by molar-refractivity contribution is 6.33. The third kappa shape index (κ3) is 4.15. The first-order chi connectivity index (χ1) is 15.7. The molecule has 5 rings (SSSR count). The number of amides is 1. The van der Waals surface area contributed by atoms with Crippen molar-refractivity contribution in [3.8, 4) is 11.3 Å². The van der Waals surface area contributed by atoms with Gasteiger partial charge < -0.3 is 15.0 Å². The fourth-order valence-corrected chi connectivity index (χ4v) is 4.03. The predicted molar refractivity (Wildman–Crippen MR) is 127 cm³/mol. The summed E-state index contributed by atoms with van der Waals surface area (Å²) in [6, 6.07) is 19.0. The van der Waals surface area contributed by atoms with Crippen LogP contribution in [0.3, 0.4) is 0 Å². The molecule has 0 atom stereocenters. The van der Waals surface area contributed by atoms with Crippen LogP contribution in [0, 0.1) is 0 Å². The zero-order valence-electron chi connectivity index (χ0n) is 17.3. The summed E-state index contributed by atoms with van der Waals surface area (Å²) in [5, 5.41) is 5.60. The van der Waals surface area contributed by atoms with Crippen molar-refractivity contribution in [3.05, 3.63) is 83.6 Å². The molecule has 0 unspecified atom stereocenters. The van der Waals surface area contributed by atoms with E-state index in [-0.39, 0.29) is 5.91 Å². The molecule has 1 aliphatic rings. The van der Waals surface area contributed by atoms with Crippen molar-refractivity contribution in [3.63, 3.8) is 0 Å². The summed E-state index contributed by atoms with van der Waals surface area (Å²) in [5.41, 5.74) is 2.67. The molecule has 1 fully saturated rings. The Morgan fingerprint density at radius 3 is 2.66 bits per heavy atom. The highest BCUT2D eigenvalue weighted by atomic mass is 35.5. The monoisotopic (exact) mass is 444 g/mol. The van der Waals surface area contributed by atoms with Crippen molar-refractivity contribution in [1.82, 2.24) is 9.97 Å². The van der Waals surface area contributed by atoms with Gasteiger partial charge in [-0.25, -0.2) is 4.98 Å². The minimum Gasteiger partial charge on any atom is -0.378 e. The molecule has 32 heavy (non-hydrogen) atoms. The molecule has 1 amide bonds. The molecule has 1 saturated heterocycles. The van der Waals surface area contributed by atoms with E-state index in [0.717, 1.165) is 40.9 Å². The standard InChI is InChI=1S/C25H21ClN4O2/c26-22-7-6-19(15-21(22)24-20-4-2-1-3-17(20)9-10-27-24)29-25(31)18-5-8-23(28-16-18)30-11-13-32-14-12-30/h1-10,15-16H,11-14H2,(H,29,31). The van der Waals surface area contributed by atoms with Gasteiger partial charge in [-0.15, -0.1) is 0 Å². The van der Waals surface area contributed by atoms with Gasteiger partial charge in [0.05, 0.1) is 29.5 Å². The van der Waals surface area contributed by atoms with Gasteiger partial charge in [0, 0.05) is 42.1 Å². The lowest BCUT2D eigenvalue weighted by molar-refractivity contribution is 0.102. The van der Waals surface area contributed by atoms with Gasteiger partial charge in [0.2, 0.25) is 0 Å². The summed E-state index contributed by atoms with van der Waals surface area (Å²) in [4.78, 5) is 24.0. The highest BCUT2D eigenvalue weighted by Gasteiger charge is 2.15. The average Bonchev–Trinajstić information content (AvgIpc) is 2.85. The maximum absolute atomic E-state index is 12.8. The number of benzene rings is 2. The number of nitrogens with zero attached hydrogens (tertiary/aromatic N) is 3. The summed E-state index contributed by atoms with van der Waals surface area (Å²) in [6.07, 6.45) is 3.37. The van der Waals surface area contributed by atoms with Crippen LogP contribution in [0.15, 0.2) is 73.1 Å². The Kier molecular flexibility index (Phi) is 5.71. The molecule has 2 aromatic carbocycles. The summed E-state index contributed by atoms with van der Waals surface area (Å²) in [6.45, 7) is 2.98. The second-order valence-electron chi connectivity index (χ2n) is 7.53. The molecule has 1 N–H and O–H groups in total. The Morgan fingerprint density at radius 2 is 1.84 bits per heavy atom. The molecule has 4 aromatic rings. The molecule has 2 aromatic heterocycles. The molecule has 0 radical (unpaired) electrons. The highest BCUT2D eigenvalue weighted by Crippen LogP contribution is 2.33. The SMILES string of the molecule is O=C(Nc1ccc(Cl)c(-c2nccc3ccccc23)c1)c1ccc(N2CCOCC2)nc1. The number of ether oxygens (including phenoxy) is 1. The maximum atomic E-state index is 12.8. The van der Waals surface area contributed by atoms with E-state index in [4.69, 9.17) is 16.3 Å². The number of carbonyl (C=O) groups excluding carboxylic acids is 1. The number of fused-ring (bicyclic) bond motifs is 1. The fourth-order valence-electron chi connectivity index (χ4n) is 3.82. The topological polar surface area (TPSA) is 67.4 Å².